The molecule has 1 aromatic heterocycles. The van der Waals surface area contributed by atoms with Crippen LogP contribution in [0.15, 0.2) is 6.20 Å². The van der Waals surface area contributed by atoms with Crippen LogP contribution in [-0.2, 0) is 13.1 Å². The SMILES string of the molecule is CN(C)C1CCCN(Cc2cn(CCN)nn2)C1. The van der Waals surface area contributed by atoms with E-state index in [1.165, 1.54) is 12.8 Å². The van der Waals surface area contributed by atoms with Gasteiger partial charge in [-0.3, -0.25) is 9.58 Å². The molecule has 0 amide bonds. The lowest BCUT2D eigenvalue weighted by Crippen LogP contribution is -2.44. The lowest BCUT2D eigenvalue weighted by atomic mass is 10.0. The lowest BCUT2D eigenvalue weighted by Gasteiger charge is -2.35. The van der Waals surface area contributed by atoms with Crippen LogP contribution in [0.2, 0.25) is 0 Å². The first-order valence-corrected chi connectivity index (χ1v) is 6.67. The standard InChI is InChI=1S/C12H24N6/c1-16(2)12-4-3-6-17(10-12)8-11-9-18(7-5-13)15-14-11/h9,12H,3-8,10,13H2,1-2H3. The average Bonchev–Trinajstić information content (AvgIpc) is 2.77. The number of hydrogen-bond donors (Lipinski definition) is 1. The minimum atomic E-state index is 0.606. The molecule has 1 aliphatic rings. The van der Waals surface area contributed by atoms with E-state index < -0.39 is 0 Å². The summed E-state index contributed by atoms with van der Waals surface area (Å²) in [6.07, 6.45) is 4.56. The number of piperidine rings is 1. The van der Waals surface area contributed by atoms with Gasteiger partial charge in [0.05, 0.1) is 12.2 Å². The van der Waals surface area contributed by atoms with Gasteiger partial charge in [0.1, 0.15) is 0 Å². The predicted molar refractivity (Wildman–Crippen MR) is 71.1 cm³/mol. The summed E-state index contributed by atoms with van der Waals surface area (Å²) in [6, 6.07) is 0.665. The van der Waals surface area contributed by atoms with Crippen LogP contribution in [0.25, 0.3) is 0 Å². The van der Waals surface area contributed by atoms with Crippen molar-refractivity contribution in [3.8, 4) is 0 Å². The molecule has 2 heterocycles. The highest BCUT2D eigenvalue weighted by Gasteiger charge is 2.21. The molecule has 0 bridgehead atoms. The third kappa shape index (κ3) is 3.51. The van der Waals surface area contributed by atoms with Gasteiger partial charge in [0.25, 0.3) is 0 Å². The largest absolute Gasteiger partial charge is 0.329 e. The Kier molecular flexibility index (Phi) is 4.68. The summed E-state index contributed by atoms with van der Waals surface area (Å²) in [7, 11) is 4.32. The van der Waals surface area contributed by atoms with Crippen molar-refractivity contribution in [1.29, 1.82) is 0 Å². The number of likely N-dealkylation sites (N-methyl/N-ethyl adjacent to an activating group) is 1. The van der Waals surface area contributed by atoms with Crippen LogP contribution in [0.4, 0.5) is 0 Å². The smallest absolute Gasteiger partial charge is 0.0967 e. The van der Waals surface area contributed by atoms with Crippen molar-refractivity contribution < 1.29 is 0 Å². The van der Waals surface area contributed by atoms with Crippen LogP contribution in [0.3, 0.4) is 0 Å². The molecule has 2 rings (SSSR count). The summed E-state index contributed by atoms with van der Waals surface area (Å²) in [5.74, 6) is 0. The second kappa shape index (κ2) is 6.26. The van der Waals surface area contributed by atoms with Crippen molar-refractivity contribution in [2.24, 2.45) is 5.73 Å². The van der Waals surface area contributed by atoms with Crippen LogP contribution >= 0.6 is 0 Å². The fourth-order valence-corrected chi connectivity index (χ4v) is 2.48. The normalized spacial score (nSPS) is 21.7. The number of nitrogens with zero attached hydrogens (tertiary/aromatic N) is 5. The van der Waals surface area contributed by atoms with Crippen LogP contribution in [0.5, 0.6) is 0 Å². The van der Waals surface area contributed by atoms with Crippen molar-refractivity contribution in [2.45, 2.75) is 32.0 Å². The van der Waals surface area contributed by atoms with E-state index in [1.54, 1.807) is 0 Å². The molecular weight excluding hydrogens is 228 g/mol. The highest BCUT2D eigenvalue weighted by atomic mass is 15.4. The van der Waals surface area contributed by atoms with Crippen LogP contribution in [0, 0.1) is 0 Å². The van der Waals surface area contributed by atoms with Gasteiger partial charge >= 0.3 is 0 Å². The summed E-state index contributed by atoms with van der Waals surface area (Å²) < 4.78 is 1.82. The van der Waals surface area contributed by atoms with Crippen LogP contribution in [-0.4, -0.2) is 64.6 Å². The van der Waals surface area contributed by atoms with Gasteiger partial charge in [-0.05, 0) is 33.5 Å². The Morgan fingerprint density at radius 2 is 2.33 bits per heavy atom. The molecule has 0 aliphatic carbocycles. The first-order chi connectivity index (χ1) is 8.69. The summed E-state index contributed by atoms with van der Waals surface area (Å²) in [4.78, 5) is 4.78. The van der Waals surface area contributed by atoms with E-state index in [0.717, 1.165) is 31.9 Å². The van der Waals surface area contributed by atoms with Crippen LogP contribution in [0.1, 0.15) is 18.5 Å². The summed E-state index contributed by atoms with van der Waals surface area (Å²) in [5.41, 5.74) is 6.55. The second-order valence-electron chi connectivity index (χ2n) is 5.26. The predicted octanol–water partition coefficient (Wildman–Crippen LogP) is -0.237. The molecule has 1 fully saturated rings. The number of hydrogen-bond acceptors (Lipinski definition) is 5. The Hall–Kier alpha value is -0.980. The topological polar surface area (TPSA) is 63.2 Å². The van der Waals surface area contributed by atoms with Crippen molar-refractivity contribution in [1.82, 2.24) is 24.8 Å². The fraction of sp³-hybridized carbons (Fsp3) is 0.833. The van der Waals surface area contributed by atoms with E-state index in [0.29, 0.717) is 12.6 Å². The van der Waals surface area contributed by atoms with Crippen LogP contribution < -0.4 is 5.73 Å². The molecule has 102 valence electrons. The van der Waals surface area contributed by atoms with E-state index in [9.17, 15) is 0 Å². The van der Waals surface area contributed by atoms with E-state index in [4.69, 9.17) is 5.73 Å². The van der Waals surface area contributed by atoms with Crippen molar-refractivity contribution in [3.63, 3.8) is 0 Å². The third-order valence-electron chi connectivity index (χ3n) is 3.54. The molecule has 1 atom stereocenters. The minimum absolute atomic E-state index is 0.606. The van der Waals surface area contributed by atoms with E-state index in [2.05, 4.69) is 34.2 Å². The highest BCUT2D eigenvalue weighted by molar-refractivity contribution is 4.93. The zero-order valence-corrected chi connectivity index (χ0v) is 11.4. The molecule has 2 N–H and O–H groups in total. The molecular formula is C12H24N6. The Balaban J connectivity index is 1.87. The zero-order valence-electron chi connectivity index (χ0n) is 11.4. The van der Waals surface area contributed by atoms with Gasteiger partial charge < -0.3 is 10.6 Å². The first kappa shape index (κ1) is 13.5. The number of rotatable bonds is 5. The summed E-state index contributed by atoms with van der Waals surface area (Å²) >= 11 is 0. The van der Waals surface area contributed by atoms with E-state index >= 15 is 0 Å². The minimum Gasteiger partial charge on any atom is -0.329 e. The number of aromatic nitrogens is 3. The Labute approximate surface area is 109 Å². The molecule has 0 spiro atoms. The molecule has 1 unspecified atom stereocenters. The Bertz CT molecular complexity index is 361. The molecule has 1 aromatic rings. The molecule has 0 saturated carbocycles. The molecule has 6 nitrogen and oxygen atoms in total. The van der Waals surface area contributed by atoms with E-state index in [1.807, 2.05) is 10.9 Å². The van der Waals surface area contributed by atoms with Gasteiger partial charge in [-0.2, -0.15) is 0 Å². The fourth-order valence-electron chi connectivity index (χ4n) is 2.48. The van der Waals surface area contributed by atoms with Gasteiger partial charge in [0, 0.05) is 31.9 Å². The summed E-state index contributed by atoms with van der Waals surface area (Å²) in [5, 5.41) is 8.28. The quantitative estimate of drug-likeness (QED) is 0.784. The van der Waals surface area contributed by atoms with E-state index in [-0.39, 0.29) is 0 Å². The zero-order chi connectivity index (χ0) is 13.0. The molecule has 6 heteroatoms. The second-order valence-corrected chi connectivity index (χ2v) is 5.26. The van der Waals surface area contributed by atoms with Crippen molar-refractivity contribution in [3.05, 3.63) is 11.9 Å². The van der Waals surface area contributed by atoms with Crippen molar-refractivity contribution in [2.75, 3.05) is 33.7 Å². The molecule has 0 radical (unpaired) electrons. The van der Waals surface area contributed by atoms with Gasteiger partial charge in [0.2, 0.25) is 0 Å². The highest BCUT2D eigenvalue weighted by Crippen LogP contribution is 2.15. The first-order valence-electron chi connectivity index (χ1n) is 6.67. The summed E-state index contributed by atoms with van der Waals surface area (Å²) in [6.45, 7) is 4.53. The maximum Gasteiger partial charge on any atom is 0.0967 e. The van der Waals surface area contributed by atoms with Gasteiger partial charge in [-0.15, -0.1) is 5.10 Å². The molecule has 1 aliphatic heterocycles. The Morgan fingerprint density at radius 1 is 1.50 bits per heavy atom. The van der Waals surface area contributed by atoms with Gasteiger partial charge in [-0.1, -0.05) is 5.21 Å². The molecule has 18 heavy (non-hydrogen) atoms. The molecule has 0 aromatic carbocycles. The third-order valence-corrected chi connectivity index (χ3v) is 3.54. The Morgan fingerprint density at radius 3 is 3.06 bits per heavy atom. The maximum absolute atomic E-state index is 5.50. The molecule has 1 saturated heterocycles. The average molecular weight is 252 g/mol. The van der Waals surface area contributed by atoms with Crippen molar-refractivity contribution >= 4 is 0 Å². The maximum atomic E-state index is 5.50. The lowest BCUT2D eigenvalue weighted by molar-refractivity contribution is 0.127. The number of nitrogens with two attached hydrogens (primary N) is 1. The van der Waals surface area contributed by atoms with Gasteiger partial charge in [0.15, 0.2) is 0 Å². The monoisotopic (exact) mass is 252 g/mol. The van der Waals surface area contributed by atoms with Gasteiger partial charge in [-0.25, -0.2) is 0 Å². The number of likely N-dealkylation sites (tertiary alicyclic amines) is 1.